The second-order valence-corrected chi connectivity index (χ2v) is 10.1. The number of ether oxygens (including phenoxy) is 1. The number of tetrazole rings is 1. The molecule has 1 aromatic heterocycles. The zero-order valence-electron chi connectivity index (χ0n) is 22.1. The molecule has 2 atom stereocenters. The van der Waals surface area contributed by atoms with Gasteiger partial charge in [0.15, 0.2) is 0 Å². The molecule has 0 spiro atoms. The number of hydrogen-bond donors (Lipinski definition) is 2. The molecular weight excluding hydrogens is 543 g/mol. The van der Waals surface area contributed by atoms with Crippen molar-refractivity contribution in [2.45, 2.75) is 43.9 Å². The molecule has 0 aliphatic carbocycles. The minimum atomic E-state index is -4.73. The highest BCUT2D eigenvalue weighted by molar-refractivity contribution is 6.02. The van der Waals surface area contributed by atoms with Crippen molar-refractivity contribution in [3.05, 3.63) is 65.5 Å². The van der Waals surface area contributed by atoms with E-state index < -0.39 is 29.7 Å². The predicted octanol–water partition coefficient (Wildman–Crippen LogP) is 2.22. The minimum absolute atomic E-state index is 0.0216. The SMILES string of the molecule is COc1ccc(-n2nnnc2C(F)(F)F)cc1CNC1CCN(C(=O)C2CC(=O)NC(=O)C2)C[C@H]1c1ccccc1. The summed E-state index contributed by atoms with van der Waals surface area (Å²) < 4.78 is 46.3. The van der Waals surface area contributed by atoms with E-state index in [0.29, 0.717) is 35.5 Å². The molecule has 2 aliphatic rings. The van der Waals surface area contributed by atoms with Gasteiger partial charge in [0.25, 0.3) is 5.82 Å². The van der Waals surface area contributed by atoms with E-state index >= 15 is 0 Å². The zero-order valence-corrected chi connectivity index (χ0v) is 22.1. The van der Waals surface area contributed by atoms with Crippen LogP contribution in [0.15, 0.2) is 48.5 Å². The molecule has 3 amide bonds. The Hall–Kier alpha value is -4.33. The lowest BCUT2D eigenvalue weighted by Gasteiger charge is -2.41. The summed E-state index contributed by atoms with van der Waals surface area (Å²) in [5.41, 5.74) is 1.74. The van der Waals surface area contributed by atoms with Crippen molar-refractivity contribution in [3.63, 3.8) is 0 Å². The summed E-state index contributed by atoms with van der Waals surface area (Å²) in [5, 5.41) is 15.6. The fourth-order valence-corrected chi connectivity index (χ4v) is 5.46. The van der Waals surface area contributed by atoms with E-state index in [0.717, 1.165) is 5.56 Å². The number of methoxy groups -OCH3 is 1. The van der Waals surface area contributed by atoms with Gasteiger partial charge in [0, 0.05) is 50.0 Å². The van der Waals surface area contributed by atoms with Crippen LogP contribution in [0, 0.1) is 5.92 Å². The van der Waals surface area contributed by atoms with Crippen molar-refractivity contribution in [2.24, 2.45) is 5.92 Å². The third kappa shape index (κ3) is 6.21. The Kier molecular flexibility index (Phi) is 8.01. The summed E-state index contributed by atoms with van der Waals surface area (Å²) in [5.74, 6) is -2.67. The van der Waals surface area contributed by atoms with Gasteiger partial charge in [-0.15, -0.1) is 5.10 Å². The van der Waals surface area contributed by atoms with E-state index in [1.54, 1.807) is 17.0 Å². The van der Waals surface area contributed by atoms with Crippen molar-refractivity contribution in [3.8, 4) is 11.4 Å². The molecule has 2 saturated heterocycles. The predicted molar refractivity (Wildman–Crippen MR) is 138 cm³/mol. The van der Waals surface area contributed by atoms with E-state index in [1.807, 2.05) is 30.3 Å². The van der Waals surface area contributed by atoms with Gasteiger partial charge in [0.05, 0.1) is 18.7 Å². The van der Waals surface area contributed by atoms with Crippen LogP contribution in [0.4, 0.5) is 13.2 Å². The molecule has 2 aromatic carbocycles. The van der Waals surface area contributed by atoms with Gasteiger partial charge < -0.3 is 15.0 Å². The van der Waals surface area contributed by atoms with Crippen LogP contribution in [0.2, 0.25) is 0 Å². The first kappa shape index (κ1) is 28.2. The molecule has 2 fully saturated rings. The number of halogens is 3. The molecule has 5 rings (SSSR count). The lowest BCUT2D eigenvalue weighted by Crippen LogP contribution is -2.52. The molecule has 0 bridgehead atoms. The second kappa shape index (κ2) is 11.6. The maximum Gasteiger partial charge on any atom is 0.453 e. The lowest BCUT2D eigenvalue weighted by molar-refractivity contribution is -0.146. The van der Waals surface area contributed by atoms with E-state index in [9.17, 15) is 27.6 Å². The quantitative estimate of drug-likeness (QED) is 0.413. The van der Waals surface area contributed by atoms with Crippen molar-refractivity contribution in [2.75, 3.05) is 20.2 Å². The van der Waals surface area contributed by atoms with Gasteiger partial charge in [0.1, 0.15) is 5.75 Å². The fourth-order valence-electron chi connectivity index (χ4n) is 5.46. The van der Waals surface area contributed by atoms with Crippen LogP contribution in [0.5, 0.6) is 5.75 Å². The van der Waals surface area contributed by atoms with E-state index in [4.69, 9.17) is 4.74 Å². The van der Waals surface area contributed by atoms with Crippen LogP contribution in [-0.2, 0) is 27.1 Å². The molecule has 3 aromatic rings. The first-order valence-corrected chi connectivity index (χ1v) is 13.1. The number of amides is 3. The highest BCUT2D eigenvalue weighted by Crippen LogP contribution is 2.32. The number of nitrogens with one attached hydrogen (secondary N) is 2. The Labute approximate surface area is 233 Å². The topological polar surface area (TPSA) is 131 Å². The molecule has 41 heavy (non-hydrogen) atoms. The average molecular weight is 572 g/mol. The van der Waals surface area contributed by atoms with Crippen molar-refractivity contribution in [1.82, 2.24) is 35.7 Å². The molecule has 3 heterocycles. The number of nitrogens with zero attached hydrogens (tertiary/aromatic N) is 5. The number of benzene rings is 2. The van der Waals surface area contributed by atoms with Crippen LogP contribution in [0.3, 0.4) is 0 Å². The summed E-state index contributed by atoms with van der Waals surface area (Å²) in [6.07, 6.45) is -4.20. The second-order valence-electron chi connectivity index (χ2n) is 10.1. The molecule has 0 radical (unpaired) electrons. The number of likely N-dealkylation sites (tertiary alicyclic amines) is 1. The number of hydrogen-bond acceptors (Lipinski definition) is 8. The van der Waals surface area contributed by atoms with Gasteiger partial charge in [-0.1, -0.05) is 30.3 Å². The van der Waals surface area contributed by atoms with Gasteiger partial charge in [-0.3, -0.25) is 19.7 Å². The Morgan fingerprint density at radius 1 is 1.12 bits per heavy atom. The smallest absolute Gasteiger partial charge is 0.453 e. The van der Waals surface area contributed by atoms with Gasteiger partial charge in [-0.25, -0.2) is 0 Å². The maximum absolute atomic E-state index is 13.4. The third-order valence-corrected chi connectivity index (χ3v) is 7.43. The number of carbonyl (C=O) groups is 3. The Bertz CT molecular complexity index is 1410. The summed E-state index contributed by atoms with van der Waals surface area (Å²) in [7, 11) is 1.48. The Morgan fingerprint density at radius 2 is 1.85 bits per heavy atom. The van der Waals surface area contributed by atoms with Crippen molar-refractivity contribution >= 4 is 17.7 Å². The number of aromatic nitrogens is 4. The number of rotatable bonds is 7. The van der Waals surface area contributed by atoms with Gasteiger partial charge >= 0.3 is 6.18 Å². The number of carbonyl (C=O) groups excluding carboxylic acids is 3. The van der Waals surface area contributed by atoms with E-state index in [1.165, 1.54) is 13.2 Å². The standard InChI is InChI=1S/C27H28F3N7O4/c1-41-22-8-7-19(37-26(27(28,29)30)33-34-35-37)11-18(22)14-31-21-9-10-36(15-20(21)16-5-3-2-4-6-16)25(40)17-12-23(38)32-24(39)13-17/h2-8,11,17,20-21,31H,9-10,12-15H2,1H3,(H,32,38,39)/t20-,21?/m0/s1. The van der Waals surface area contributed by atoms with Crippen molar-refractivity contribution < 1.29 is 32.3 Å². The first-order valence-electron chi connectivity index (χ1n) is 13.1. The highest BCUT2D eigenvalue weighted by atomic mass is 19.4. The molecular formula is C27H28F3N7O4. The number of alkyl halides is 3. The molecule has 11 nitrogen and oxygen atoms in total. The summed E-state index contributed by atoms with van der Waals surface area (Å²) in [6.45, 7) is 1.06. The van der Waals surface area contributed by atoms with E-state index in [-0.39, 0.29) is 42.9 Å². The Morgan fingerprint density at radius 3 is 2.54 bits per heavy atom. The minimum Gasteiger partial charge on any atom is -0.496 e. The average Bonchev–Trinajstić information content (AvgIpc) is 3.47. The summed E-state index contributed by atoms with van der Waals surface area (Å²) >= 11 is 0. The largest absolute Gasteiger partial charge is 0.496 e. The normalized spacial score (nSPS) is 20.1. The fraction of sp³-hybridized carbons (Fsp3) is 0.407. The van der Waals surface area contributed by atoms with E-state index in [2.05, 4.69) is 26.2 Å². The number of imide groups is 1. The molecule has 0 saturated carbocycles. The Balaban J connectivity index is 1.35. The van der Waals surface area contributed by atoms with Gasteiger partial charge in [-0.2, -0.15) is 17.9 Å². The van der Waals surface area contributed by atoms with Crippen molar-refractivity contribution in [1.29, 1.82) is 0 Å². The molecule has 1 unspecified atom stereocenters. The van der Waals surface area contributed by atoms with Gasteiger partial charge in [0.2, 0.25) is 17.7 Å². The third-order valence-electron chi connectivity index (χ3n) is 7.43. The molecule has 216 valence electrons. The zero-order chi connectivity index (χ0) is 29.1. The molecule has 14 heteroatoms. The van der Waals surface area contributed by atoms with Crippen LogP contribution >= 0.6 is 0 Å². The van der Waals surface area contributed by atoms with Crippen LogP contribution in [0.1, 0.15) is 42.1 Å². The molecule has 2 aliphatic heterocycles. The monoisotopic (exact) mass is 571 g/mol. The summed E-state index contributed by atoms with van der Waals surface area (Å²) in [4.78, 5) is 38.7. The highest BCUT2D eigenvalue weighted by Gasteiger charge is 2.39. The lowest BCUT2D eigenvalue weighted by atomic mass is 9.84. The van der Waals surface area contributed by atoms with Gasteiger partial charge in [-0.05, 0) is 40.6 Å². The number of piperidine rings is 2. The van der Waals surface area contributed by atoms with Crippen LogP contribution in [0.25, 0.3) is 5.69 Å². The first-order chi connectivity index (χ1) is 19.6. The maximum atomic E-state index is 13.4. The molecule has 2 N–H and O–H groups in total. The van der Waals surface area contributed by atoms with Crippen LogP contribution in [-0.4, -0.2) is 69.1 Å². The van der Waals surface area contributed by atoms with Crippen LogP contribution < -0.4 is 15.4 Å². The summed E-state index contributed by atoms with van der Waals surface area (Å²) in [6, 6.07) is 14.1.